The van der Waals surface area contributed by atoms with Crippen molar-refractivity contribution in [1.29, 1.82) is 0 Å². The van der Waals surface area contributed by atoms with Crippen LogP contribution in [0, 0.1) is 0 Å². The first-order chi connectivity index (χ1) is 8.09. The standard InChI is InChI=1S/C15H17NO/c1-11(17)15(16(2)3)14-9-8-12-6-4-5-7-13(12)10-14/h4-10,15H,1-3H3. The summed E-state index contributed by atoms with van der Waals surface area (Å²) in [6, 6.07) is 14.3. The number of likely N-dealkylation sites (N-methyl/N-ethyl adjacent to an activating group) is 1. The number of hydrogen-bond donors (Lipinski definition) is 0. The molecule has 0 aliphatic rings. The van der Waals surface area contributed by atoms with Gasteiger partial charge in [-0.2, -0.15) is 0 Å². The first-order valence-electron chi connectivity index (χ1n) is 5.75. The van der Waals surface area contributed by atoms with Crippen molar-refractivity contribution in [1.82, 2.24) is 4.90 Å². The molecule has 2 rings (SSSR count). The summed E-state index contributed by atoms with van der Waals surface area (Å²) in [6.45, 7) is 1.64. The van der Waals surface area contributed by atoms with E-state index in [4.69, 9.17) is 0 Å². The molecule has 2 aromatic carbocycles. The monoisotopic (exact) mass is 227 g/mol. The molecule has 88 valence electrons. The van der Waals surface area contributed by atoms with Crippen LogP contribution in [0.3, 0.4) is 0 Å². The molecule has 0 heterocycles. The average Bonchev–Trinajstić information content (AvgIpc) is 2.28. The summed E-state index contributed by atoms with van der Waals surface area (Å²) in [6.07, 6.45) is 0. The Morgan fingerprint density at radius 3 is 2.29 bits per heavy atom. The van der Waals surface area contributed by atoms with E-state index in [1.807, 2.05) is 37.2 Å². The summed E-state index contributed by atoms with van der Waals surface area (Å²) in [4.78, 5) is 13.6. The summed E-state index contributed by atoms with van der Waals surface area (Å²) in [7, 11) is 3.86. The minimum Gasteiger partial charge on any atom is -0.298 e. The lowest BCUT2D eigenvalue weighted by molar-refractivity contribution is -0.121. The number of nitrogens with zero attached hydrogens (tertiary/aromatic N) is 1. The molecule has 2 nitrogen and oxygen atoms in total. The van der Waals surface area contributed by atoms with Gasteiger partial charge >= 0.3 is 0 Å². The fraction of sp³-hybridized carbons (Fsp3) is 0.267. The van der Waals surface area contributed by atoms with Crippen LogP contribution in [0.4, 0.5) is 0 Å². The van der Waals surface area contributed by atoms with Gasteiger partial charge in [0.1, 0.15) is 0 Å². The molecule has 17 heavy (non-hydrogen) atoms. The predicted molar refractivity (Wildman–Crippen MR) is 71.1 cm³/mol. The third-order valence-electron chi connectivity index (χ3n) is 2.99. The number of rotatable bonds is 3. The van der Waals surface area contributed by atoms with Crippen molar-refractivity contribution >= 4 is 16.6 Å². The fourth-order valence-corrected chi connectivity index (χ4v) is 2.27. The molecule has 2 heteroatoms. The van der Waals surface area contributed by atoms with Gasteiger partial charge in [0.05, 0.1) is 6.04 Å². The Morgan fingerprint density at radius 1 is 1.06 bits per heavy atom. The van der Waals surface area contributed by atoms with Crippen molar-refractivity contribution in [3.63, 3.8) is 0 Å². The highest BCUT2D eigenvalue weighted by atomic mass is 16.1. The number of hydrogen-bond acceptors (Lipinski definition) is 2. The zero-order chi connectivity index (χ0) is 12.4. The maximum absolute atomic E-state index is 11.7. The molecular weight excluding hydrogens is 210 g/mol. The van der Waals surface area contributed by atoms with Crippen LogP contribution in [-0.2, 0) is 4.79 Å². The van der Waals surface area contributed by atoms with E-state index in [1.165, 1.54) is 10.8 Å². The molecule has 0 aliphatic heterocycles. The number of ketones is 1. The summed E-state index contributed by atoms with van der Waals surface area (Å²) in [5, 5.41) is 2.38. The summed E-state index contributed by atoms with van der Waals surface area (Å²) >= 11 is 0. The van der Waals surface area contributed by atoms with Gasteiger partial charge in [-0.25, -0.2) is 0 Å². The normalized spacial score (nSPS) is 12.9. The first-order valence-corrected chi connectivity index (χ1v) is 5.75. The Morgan fingerprint density at radius 2 is 1.71 bits per heavy atom. The molecule has 0 radical (unpaired) electrons. The highest BCUT2D eigenvalue weighted by Crippen LogP contribution is 2.23. The van der Waals surface area contributed by atoms with Gasteiger partial charge in [-0.05, 0) is 43.4 Å². The molecule has 0 spiro atoms. The van der Waals surface area contributed by atoms with E-state index in [0.29, 0.717) is 0 Å². The zero-order valence-electron chi connectivity index (χ0n) is 10.5. The minimum atomic E-state index is -0.153. The van der Waals surface area contributed by atoms with Crippen molar-refractivity contribution in [2.45, 2.75) is 13.0 Å². The van der Waals surface area contributed by atoms with Gasteiger partial charge < -0.3 is 0 Å². The van der Waals surface area contributed by atoms with Crippen molar-refractivity contribution in [3.8, 4) is 0 Å². The Balaban J connectivity index is 2.51. The quantitative estimate of drug-likeness (QED) is 0.803. The van der Waals surface area contributed by atoms with Crippen LogP contribution in [-0.4, -0.2) is 24.8 Å². The van der Waals surface area contributed by atoms with E-state index in [9.17, 15) is 4.79 Å². The van der Waals surface area contributed by atoms with E-state index in [0.717, 1.165) is 5.56 Å². The molecule has 0 fully saturated rings. The largest absolute Gasteiger partial charge is 0.298 e. The highest BCUT2D eigenvalue weighted by molar-refractivity contribution is 5.87. The van der Waals surface area contributed by atoms with Crippen LogP contribution in [0.5, 0.6) is 0 Å². The van der Waals surface area contributed by atoms with Crippen LogP contribution < -0.4 is 0 Å². The Hall–Kier alpha value is -1.67. The SMILES string of the molecule is CC(=O)C(c1ccc2ccccc2c1)N(C)C. The molecule has 0 aromatic heterocycles. The van der Waals surface area contributed by atoms with Crippen molar-refractivity contribution in [3.05, 3.63) is 48.0 Å². The van der Waals surface area contributed by atoms with E-state index < -0.39 is 0 Å². The maximum atomic E-state index is 11.7. The van der Waals surface area contributed by atoms with Crippen LogP contribution in [0.2, 0.25) is 0 Å². The molecular formula is C15H17NO. The van der Waals surface area contributed by atoms with Crippen LogP contribution in [0.25, 0.3) is 10.8 Å². The average molecular weight is 227 g/mol. The number of carbonyl (C=O) groups is 1. The first kappa shape index (κ1) is 11.8. The minimum absolute atomic E-state index is 0.153. The Labute approximate surface area is 102 Å². The molecule has 0 bridgehead atoms. The second-order valence-electron chi connectivity index (χ2n) is 4.58. The van der Waals surface area contributed by atoms with Gasteiger partial charge in [0, 0.05) is 0 Å². The van der Waals surface area contributed by atoms with Gasteiger partial charge in [-0.3, -0.25) is 9.69 Å². The lowest BCUT2D eigenvalue weighted by Gasteiger charge is -2.22. The summed E-state index contributed by atoms with van der Waals surface area (Å²) < 4.78 is 0. The number of fused-ring (bicyclic) bond motifs is 1. The van der Waals surface area contributed by atoms with Gasteiger partial charge in [0.2, 0.25) is 0 Å². The molecule has 0 N–H and O–H groups in total. The molecule has 0 amide bonds. The van der Waals surface area contributed by atoms with Gasteiger partial charge in [0.25, 0.3) is 0 Å². The fourth-order valence-electron chi connectivity index (χ4n) is 2.27. The van der Waals surface area contributed by atoms with Crippen LogP contribution >= 0.6 is 0 Å². The van der Waals surface area contributed by atoms with Crippen molar-refractivity contribution in [2.24, 2.45) is 0 Å². The smallest absolute Gasteiger partial charge is 0.151 e. The van der Waals surface area contributed by atoms with Crippen LogP contribution in [0.15, 0.2) is 42.5 Å². The molecule has 2 aromatic rings. The lowest BCUT2D eigenvalue weighted by atomic mass is 9.99. The number of carbonyl (C=O) groups excluding carboxylic acids is 1. The molecule has 0 saturated carbocycles. The van der Waals surface area contributed by atoms with E-state index in [1.54, 1.807) is 6.92 Å². The second-order valence-corrected chi connectivity index (χ2v) is 4.58. The van der Waals surface area contributed by atoms with Crippen LogP contribution in [0.1, 0.15) is 18.5 Å². The zero-order valence-corrected chi connectivity index (χ0v) is 10.5. The van der Waals surface area contributed by atoms with E-state index in [-0.39, 0.29) is 11.8 Å². The summed E-state index contributed by atoms with van der Waals surface area (Å²) in [5.41, 5.74) is 1.06. The van der Waals surface area contributed by atoms with E-state index >= 15 is 0 Å². The van der Waals surface area contributed by atoms with Crippen molar-refractivity contribution in [2.75, 3.05) is 14.1 Å². The number of Topliss-reactive ketones (excluding diaryl/α,β-unsaturated/α-hetero) is 1. The third kappa shape index (κ3) is 2.37. The summed E-state index contributed by atoms with van der Waals surface area (Å²) in [5.74, 6) is 0.172. The molecule has 0 aliphatic carbocycles. The topological polar surface area (TPSA) is 20.3 Å². The predicted octanol–water partition coefficient (Wildman–Crippen LogP) is 3.03. The molecule has 1 atom stereocenters. The van der Waals surface area contributed by atoms with Gasteiger partial charge in [-0.1, -0.05) is 36.4 Å². The Bertz CT molecular complexity index is 545. The lowest BCUT2D eigenvalue weighted by Crippen LogP contribution is -2.25. The van der Waals surface area contributed by atoms with Gasteiger partial charge in [-0.15, -0.1) is 0 Å². The highest BCUT2D eigenvalue weighted by Gasteiger charge is 2.18. The van der Waals surface area contributed by atoms with Gasteiger partial charge in [0.15, 0.2) is 5.78 Å². The van der Waals surface area contributed by atoms with Crippen molar-refractivity contribution < 1.29 is 4.79 Å². The Kier molecular flexibility index (Phi) is 3.25. The number of benzene rings is 2. The molecule has 1 unspecified atom stereocenters. The third-order valence-corrected chi connectivity index (χ3v) is 2.99. The molecule has 0 saturated heterocycles. The van der Waals surface area contributed by atoms with E-state index in [2.05, 4.69) is 24.3 Å². The maximum Gasteiger partial charge on any atom is 0.151 e. The second kappa shape index (κ2) is 4.68.